The first-order valence-electron chi connectivity index (χ1n) is 11.2. The van der Waals surface area contributed by atoms with E-state index in [-0.39, 0.29) is 9.80 Å². The molecule has 1 aliphatic rings. The van der Waals surface area contributed by atoms with Crippen LogP contribution in [0, 0.1) is 13.8 Å². The fraction of sp³-hybridized carbons (Fsp3) is 0.588. The predicted octanol–water partition coefficient (Wildman–Crippen LogP) is 0.213. The number of benzene rings is 1. The van der Waals surface area contributed by atoms with Gasteiger partial charge >= 0.3 is 0 Å². The molecule has 1 unspecified atom stereocenters. The Hall–Kier alpha value is -1.47. The van der Waals surface area contributed by atoms with Crippen LogP contribution < -0.4 is 5.32 Å². The van der Waals surface area contributed by atoms with Crippen LogP contribution in [0.2, 0.25) is 0 Å². The van der Waals surface area contributed by atoms with Gasteiger partial charge in [-0.2, -0.15) is 0 Å². The Morgan fingerprint density at radius 3 is 2.39 bits per heavy atom. The summed E-state index contributed by atoms with van der Waals surface area (Å²) in [6.07, 6.45) is -1.63. The van der Waals surface area contributed by atoms with Gasteiger partial charge in [0.25, 0.3) is 0 Å². The summed E-state index contributed by atoms with van der Waals surface area (Å²) in [6.45, 7) is -11.9. The summed E-state index contributed by atoms with van der Waals surface area (Å²) in [7, 11) is 0. The highest BCUT2D eigenvalue weighted by molar-refractivity contribution is 5.93. The van der Waals surface area contributed by atoms with E-state index in [1.54, 1.807) is 32.0 Å². The molecular formula is C17H27N3O3. The maximum absolute atomic E-state index is 12.7. The van der Waals surface area contributed by atoms with Gasteiger partial charge in [-0.05, 0) is 25.0 Å². The van der Waals surface area contributed by atoms with Crippen LogP contribution in [0.5, 0.6) is 0 Å². The molecule has 2 rings (SSSR count). The second-order valence-corrected chi connectivity index (χ2v) is 5.30. The highest BCUT2D eigenvalue weighted by Gasteiger charge is 2.20. The third kappa shape index (κ3) is 5.28. The minimum atomic E-state index is -3.17. The van der Waals surface area contributed by atoms with Crippen LogP contribution in [0.25, 0.3) is 0 Å². The quantitative estimate of drug-likeness (QED) is 0.696. The summed E-state index contributed by atoms with van der Waals surface area (Å²) < 4.78 is 65.8. The minimum absolute atomic E-state index is 0.209. The molecule has 1 aromatic rings. The summed E-state index contributed by atoms with van der Waals surface area (Å²) in [5.41, 5.74) is 1.88. The number of aryl methyl sites for hydroxylation is 2. The number of rotatable bonds is 6. The van der Waals surface area contributed by atoms with Gasteiger partial charge in [-0.25, -0.2) is 0 Å². The van der Waals surface area contributed by atoms with Crippen molar-refractivity contribution in [3.63, 3.8) is 0 Å². The van der Waals surface area contributed by atoms with E-state index in [0.29, 0.717) is 16.8 Å². The smallest absolute Gasteiger partial charge is 0.238 e. The lowest BCUT2D eigenvalue weighted by Gasteiger charge is -2.35. The Bertz CT molecular complexity index is 789. The summed E-state index contributed by atoms with van der Waals surface area (Å²) in [4.78, 5) is 13.1. The lowest BCUT2D eigenvalue weighted by atomic mass is 10.1. The Kier molecular flexibility index (Phi) is 3.56. The van der Waals surface area contributed by atoms with Crippen molar-refractivity contribution < 1.29 is 26.0 Å². The molecule has 1 heterocycles. The second-order valence-electron chi connectivity index (χ2n) is 5.30. The number of nitrogens with one attached hydrogen (secondary N) is 1. The Balaban J connectivity index is 2.42. The number of hydrogen-bond donors (Lipinski definition) is 3. The molecule has 1 fully saturated rings. The molecule has 3 N–H and O–H groups in total. The van der Waals surface area contributed by atoms with Gasteiger partial charge < -0.3 is 15.5 Å². The van der Waals surface area contributed by atoms with E-state index < -0.39 is 57.7 Å². The normalized spacial score (nSPS) is 31.8. The first-order chi connectivity index (χ1) is 14.0. The Morgan fingerprint density at radius 2 is 1.83 bits per heavy atom. The van der Waals surface area contributed by atoms with Crippen molar-refractivity contribution in [2.45, 2.75) is 20.0 Å². The maximum atomic E-state index is 12.7. The summed E-state index contributed by atoms with van der Waals surface area (Å²) in [5.74, 6) is -0.847. The van der Waals surface area contributed by atoms with Gasteiger partial charge in [0.15, 0.2) is 0 Å². The molecule has 0 spiro atoms. The van der Waals surface area contributed by atoms with Gasteiger partial charge in [-0.15, -0.1) is 0 Å². The summed E-state index contributed by atoms with van der Waals surface area (Å²) in [6, 6.07) is 5.26. The first-order valence-corrected chi connectivity index (χ1v) is 7.22. The van der Waals surface area contributed by atoms with Crippen LogP contribution in [0.1, 0.15) is 22.1 Å². The molecule has 1 atom stereocenters. The van der Waals surface area contributed by atoms with E-state index in [0.717, 1.165) is 0 Å². The predicted molar refractivity (Wildman–Crippen MR) is 90.5 cm³/mol. The number of β-amino-alcohol motifs (C(OH)–C–C–N with tert-alkyl or cyclic N) is 1. The molecular weight excluding hydrogens is 294 g/mol. The zero-order valence-electron chi connectivity index (χ0n) is 21.1. The van der Waals surface area contributed by atoms with Crippen molar-refractivity contribution >= 4 is 11.6 Å². The van der Waals surface area contributed by atoms with Crippen LogP contribution in [-0.4, -0.2) is 77.7 Å². The number of hydrogen-bond acceptors (Lipinski definition) is 5. The number of amides is 1. The molecule has 0 radical (unpaired) electrons. The number of aliphatic hydroxyl groups excluding tert-OH is 2. The highest BCUT2D eigenvalue weighted by Crippen LogP contribution is 2.19. The molecule has 1 aromatic carbocycles. The maximum Gasteiger partial charge on any atom is 0.238 e. The Morgan fingerprint density at radius 1 is 1.26 bits per heavy atom. The summed E-state index contributed by atoms with van der Waals surface area (Å²) in [5, 5.41) is 21.3. The highest BCUT2D eigenvalue weighted by atomic mass is 16.3. The topological polar surface area (TPSA) is 76.0 Å². The molecule has 6 heteroatoms. The summed E-state index contributed by atoms with van der Waals surface area (Å²) >= 11 is 0. The fourth-order valence-corrected chi connectivity index (χ4v) is 2.07. The van der Waals surface area contributed by atoms with Crippen LogP contribution in [-0.2, 0) is 4.79 Å². The van der Waals surface area contributed by atoms with Crippen molar-refractivity contribution in [2.75, 3.05) is 51.0 Å². The van der Waals surface area contributed by atoms with Gasteiger partial charge in [0, 0.05) is 49.2 Å². The molecule has 0 aromatic heterocycles. The van der Waals surface area contributed by atoms with Gasteiger partial charge in [0.2, 0.25) is 5.91 Å². The van der Waals surface area contributed by atoms with Gasteiger partial charge in [0.1, 0.15) is 0 Å². The van der Waals surface area contributed by atoms with E-state index in [2.05, 4.69) is 5.32 Å². The number of carbonyl (C=O) groups is 1. The fourth-order valence-electron chi connectivity index (χ4n) is 2.07. The molecule has 1 saturated heterocycles. The molecule has 128 valence electrons. The zero-order chi connectivity index (χ0) is 24.0. The molecule has 1 aliphatic heterocycles. The molecule has 0 saturated carbocycles. The van der Waals surface area contributed by atoms with E-state index in [1.165, 1.54) is 0 Å². The molecule has 1 amide bonds. The number of aliphatic hydroxyl groups is 2. The molecule has 0 aliphatic carbocycles. The molecule has 6 nitrogen and oxygen atoms in total. The van der Waals surface area contributed by atoms with Gasteiger partial charge in [-0.1, -0.05) is 18.2 Å². The zero-order valence-corrected chi connectivity index (χ0v) is 13.1. The van der Waals surface area contributed by atoms with E-state index in [9.17, 15) is 9.90 Å². The average molecular weight is 329 g/mol. The van der Waals surface area contributed by atoms with Gasteiger partial charge in [0.05, 0.1) is 19.3 Å². The van der Waals surface area contributed by atoms with Crippen molar-refractivity contribution in [3.05, 3.63) is 29.3 Å². The lowest BCUT2D eigenvalue weighted by Crippen LogP contribution is -2.50. The van der Waals surface area contributed by atoms with E-state index in [1.807, 2.05) is 0 Å². The average Bonchev–Trinajstić information content (AvgIpc) is 2.65. The molecule has 0 bridgehead atoms. The lowest BCUT2D eigenvalue weighted by molar-refractivity contribution is -0.117. The largest absolute Gasteiger partial charge is 0.394 e. The van der Waals surface area contributed by atoms with Crippen LogP contribution in [0.3, 0.4) is 0 Å². The Labute approximate surface area is 148 Å². The standard InChI is InChI=1S/C17H27N3O3/c1-13-4-3-5-14(2)17(13)18-16(23)11-20-8-6-19(7-9-20)10-15(22)12-21/h3-5,15,21-22H,6-12H2,1-2H3,(H,18,23)/i6D2,7D2,8D2,9D2. The molecule has 23 heavy (non-hydrogen) atoms. The third-order valence-corrected chi connectivity index (χ3v) is 3.29. The van der Waals surface area contributed by atoms with Crippen LogP contribution >= 0.6 is 0 Å². The number of para-hydroxylation sites is 1. The SMILES string of the molecule is [2H]C1([2H])N(CC(=O)Nc2c(C)cccc2C)C([2H])([2H])C([2H])([2H])N(CC(O)CO)C1([2H])[2H]. The van der Waals surface area contributed by atoms with Crippen molar-refractivity contribution in [3.8, 4) is 0 Å². The first kappa shape index (κ1) is 9.74. The van der Waals surface area contributed by atoms with Crippen LogP contribution in [0.15, 0.2) is 18.2 Å². The van der Waals surface area contributed by atoms with Gasteiger partial charge in [-0.3, -0.25) is 14.6 Å². The van der Waals surface area contributed by atoms with Crippen molar-refractivity contribution in [1.29, 1.82) is 0 Å². The van der Waals surface area contributed by atoms with Crippen LogP contribution in [0.4, 0.5) is 5.69 Å². The monoisotopic (exact) mass is 329 g/mol. The van der Waals surface area contributed by atoms with Crippen molar-refractivity contribution in [1.82, 2.24) is 9.80 Å². The number of carbonyl (C=O) groups excluding carboxylic acids is 1. The third-order valence-electron chi connectivity index (χ3n) is 3.29. The number of piperazine rings is 1. The second kappa shape index (κ2) is 8.40. The number of anilines is 1. The van der Waals surface area contributed by atoms with E-state index >= 15 is 0 Å². The number of nitrogens with zero attached hydrogens (tertiary/aromatic N) is 2. The van der Waals surface area contributed by atoms with E-state index in [4.69, 9.17) is 16.1 Å². The van der Waals surface area contributed by atoms with Crippen molar-refractivity contribution in [2.24, 2.45) is 0 Å². The minimum Gasteiger partial charge on any atom is -0.394 e.